The Labute approximate surface area is 902 Å². The maximum atomic E-state index is 13.4. The molecule has 7 aliphatic rings. The number of carbonyl (C=O) groups is 2. The number of amides is 2. The summed E-state index contributed by atoms with van der Waals surface area (Å²) >= 11 is 0. The van der Waals surface area contributed by atoms with Crippen LogP contribution in [0.5, 0.6) is 0 Å². The second-order valence-corrected chi connectivity index (χ2v) is 42.0. The molecule has 15 rings (SSSR count). The van der Waals surface area contributed by atoms with Gasteiger partial charge in [0.1, 0.15) is 22.7 Å². The Morgan fingerprint density at radius 2 is 0.900 bits per heavy atom. The summed E-state index contributed by atoms with van der Waals surface area (Å²) in [6.45, 7) is 45.0. The van der Waals surface area contributed by atoms with Crippen LogP contribution in [0.3, 0.4) is 0 Å². The standard InChI is InChI=1S/C24H30F3N3O3.C22H29N2.C19H26F3N2O2.C15H22N.C14H21N3O2.C14H20N2O3.3Y/c1-23(15-28)8-10-30(11-9-23)19-3-2-17(24(25,26)27)14-18(19)29-22(31)21-5-4-20(33-21)16-6-12-32-13-7-16;1-19-9-11-21(12-10-19)24-15-13-22(2,14-16-24)18-23(3)17-20-7-5-4-6-8-20;1-17(2,3)26-16(25)23-13-18(4)9-11-24(12-10-18)15-7-5-14(6-8-15)19(20,21)22;1-4-15(3)9-11-16(12-10-15)14-7-5-13(2)6-8-14;1-11-3-4-12(13(9-11)17(18)19)16-7-5-14(2,10-15)6-8-16;1-11-3-4-12(13(9-11)16(18)19)15-7-5-14(2,10-17)6-8-15;;;/h2-5,14,16H,6-13,15,28H2,1H3,(H,29,31);4-11H,13-18H2,1-3H3;5-7H,9-13H2,1-4H3,(H,23,25);5-7H,4,9-12H2,1-3H3;3-4,9H,5-8,10,15H2,1-2H3;3-4,9,17H,5-8,10H2,1-2H3;;;/q;3*-1;;;;;. The van der Waals surface area contributed by atoms with Crippen molar-refractivity contribution < 1.29 is 163 Å². The third-order valence-electron chi connectivity index (χ3n) is 28.8. The van der Waals surface area contributed by atoms with E-state index in [4.69, 9.17) is 25.4 Å². The molecule has 7 aromatic carbocycles. The minimum absolute atomic E-state index is 0. The molecule has 23 nitrogen and oxygen atoms in total. The van der Waals surface area contributed by atoms with Crippen molar-refractivity contribution in [2.45, 2.75) is 224 Å². The van der Waals surface area contributed by atoms with Gasteiger partial charge in [-0.3, -0.25) is 25.0 Å². The average Bonchev–Trinajstić information content (AvgIpc) is 1.16. The molecule has 8 heterocycles. The van der Waals surface area contributed by atoms with Crippen LogP contribution in [0.2, 0.25) is 0 Å². The Balaban J connectivity index is 0.000000231. The molecule has 8 aromatic rings. The number of aliphatic hydroxyl groups excluding tert-OH is 1. The van der Waals surface area contributed by atoms with Gasteiger partial charge in [0, 0.05) is 234 Å². The summed E-state index contributed by atoms with van der Waals surface area (Å²) < 4.78 is 94.5. The molecule has 7 saturated heterocycles. The Hall–Kier alpha value is -7.15. The normalized spacial score (nSPS) is 18.1. The van der Waals surface area contributed by atoms with E-state index in [0.717, 1.165) is 158 Å². The molecule has 0 aliphatic carbocycles. The number of benzene rings is 7. The zero-order chi connectivity index (χ0) is 99.9. The van der Waals surface area contributed by atoms with Crippen molar-refractivity contribution in [3.8, 4) is 0 Å². The fourth-order valence-electron chi connectivity index (χ4n) is 18.4. The van der Waals surface area contributed by atoms with Gasteiger partial charge in [-0.2, -0.15) is 92.1 Å². The molecule has 32 heteroatoms. The molecule has 0 saturated carbocycles. The van der Waals surface area contributed by atoms with Gasteiger partial charge in [0.05, 0.1) is 26.8 Å². The van der Waals surface area contributed by atoms with Crippen LogP contribution in [0.4, 0.5) is 82.3 Å². The van der Waals surface area contributed by atoms with Gasteiger partial charge in [-0.05, 0) is 236 Å². The first kappa shape index (κ1) is 120. The van der Waals surface area contributed by atoms with Gasteiger partial charge in [0.15, 0.2) is 5.76 Å². The number of hydrogen-bond donors (Lipinski definition) is 5. The average molecular weight is 2170 g/mol. The van der Waals surface area contributed by atoms with E-state index in [1.54, 1.807) is 24.3 Å². The maximum Gasteiger partial charge on any atom is 0.416 e. The molecular formula is C108H148F6N13O10Y3-3. The molecule has 0 bridgehead atoms. The molecule has 0 spiro atoms. The predicted octanol–water partition coefficient (Wildman–Crippen LogP) is 23.0. The largest absolute Gasteiger partial charge is 0.456 e. The topological polar surface area (TPSA) is 271 Å². The Morgan fingerprint density at radius 3 is 1.30 bits per heavy atom. The summed E-state index contributed by atoms with van der Waals surface area (Å²) in [6.07, 6.45) is 5.69. The van der Waals surface area contributed by atoms with E-state index in [2.05, 4.69) is 189 Å². The molecular weight excluding hydrogens is 2020 g/mol. The van der Waals surface area contributed by atoms with Crippen LogP contribution in [0.25, 0.3) is 0 Å². The smallest absolute Gasteiger partial charge is 0.416 e. The molecule has 0 atom stereocenters. The number of nitro groups is 2. The van der Waals surface area contributed by atoms with Gasteiger partial charge in [-0.1, -0.05) is 134 Å². The van der Waals surface area contributed by atoms with Crippen LogP contribution in [-0.4, -0.2) is 169 Å². The van der Waals surface area contributed by atoms with Crippen LogP contribution >= 0.6 is 0 Å². The number of aryl methyl sites for hydroxylation is 4. The van der Waals surface area contributed by atoms with Crippen molar-refractivity contribution in [1.29, 1.82) is 0 Å². The minimum Gasteiger partial charge on any atom is -0.456 e. The monoisotopic (exact) mass is 2170 g/mol. The molecule has 2 amide bonds. The zero-order valence-electron chi connectivity index (χ0n) is 85.1. The molecule has 7 fully saturated rings. The summed E-state index contributed by atoms with van der Waals surface area (Å²) in [4.78, 5) is 62.0. The number of ether oxygens (including phenoxy) is 2. The Bertz CT molecular complexity index is 5060. The van der Waals surface area contributed by atoms with Gasteiger partial charge >= 0.3 is 18.4 Å². The summed E-state index contributed by atoms with van der Waals surface area (Å²) in [5.74, 6) is 0.381. The van der Waals surface area contributed by atoms with Gasteiger partial charge in [0.2, 0.25) is 0 Å². The van der Waals surface area contributed by atoms with E-state index < -0.39 is 41.1 Å². The maximum absolute atomic E-state index is 13.4. The van der Waals surface area contributed by atoms with Crippen LogP contribution < -0.4 is 51.5 Å². The zero-order valence-corrected chi connectivity index (χ0v) is 93.6. The number of carbonyl (C=O) groups excluding carboxylic acids is 2. The molecule has 759 valence electrons. The van der Waals surface area contributed by atoms with E-state index in [1.807, 2.05) is 68.7 Å². The second kappa shape index (κ2) is 53.8. The van der Waals surface area contributed by atoms with Crippen LogP contribution in [-0.2, 0) is 126 Å². The number of halogens is 6. The van der Waals surface area contributed by atoms with E-state index in [0.29, 0.717) is 92.7 Å². The summed E-state index contributed by atoms with van der Waals surface area (Å²) in [6, 6.07) is 54.4. The number of piperidine rings is 6. The van der Waals surface area contributed by atoms with Crippen molar-refractivity contribution in [1.82, 2.24) is 10.2 Å². The van der Waals surface area contributed by atoms with Crippen LogP contribution in [0.15, 0.2) is 156 Å². The number of nitrogens with two attached hydrogens (primary N) is 2. The molecule has 7 aliphatic heterocycles. The second-order valence-electron chi connectivity index (χ2n) is 42.0. The quantitative estimate of drug-likeness (QED) is 0.0194. The van der Waals surface area contributed by atoms with Gasteiger partial charge < -0.3 is 75.4 Å². The van der Waals surface area contributed by atoms with Crippen molar-refractivity contribution in [2.75, 3.05) is 166 Å². The minimum atomic E-state index is -4.51. The Kier molecular flexibility index (Phi) is 46.0. The fraction of sp³-hybridized carbons (Fsp3) is 0.556. The number of nitrogens with zero attached hydrogens (tertiary/aromatic N) is 9. The molecule has 0 unspecified atom stereocenters. The van der Waals surface area contributed by atoms with Gasteiger partial charge in [0.25, 0.3) is 17.3 Å². The van der Waals surface area contributed by atoms with E-state index in [-0.39, 0.29) is 165 Å². The number of nitro benzene ring substituents is 2. The van der Waals surface area contributed by atoms with Gasteiger partial charge in [-0.15, -0.1) is 18.2 Å². The summed E-state index contributed by atoms with van der Waals surface area (Å²) in [5, 5.41) is 37.1. The number of hydrogen-bond acceptors (Lipinski definition) is 19. The summed E-state index contributed by atoms with van der Waals surface area (Å²) in [5.41, 5.74) is 22.1. The first-order valence-corrected chi connectivity index (χ1v) is 48.6. The number of nitrogens with one attached hydrogen (secondary N) is 2. The van der Waals surface area contributed by atoms with Crippen LogP contribution in [0, 0.1) is 98.6 Å². The van der Waals surface area contributed by atoms with Crippen molar-refractivity contribution in [3.63, 3.8) is 0 Å². The number of furan rings is 1. The summed E-state index contributed by atoms with van der Waals surface area (Å²) in [7, 11) is 2.25. The third kappa shape index (κ3) is 36.2. The number of rotatable bonds is 21. The van der Waals surface area contributed by atoms with Crippen LogP contribution in [0.1, 0.15) is 227 Å². The molecule has 7 N–H and O–H groups in total. The number of alkyl carbamates (subject to hydrolysis) is 1. The number of anilines is 7. The number of alkyl halides is 6. The third-order valence-corrected chi connectivity index (χ3v) is 28.8. The first-order chi connectivity index (χ1) is 64.6. The SMILES string of the molecule is CC1(CN)CCN(c2ccc(C(F)(F)F)cc2NC(=O)c2ccc(C3CCOCC3)o2)CC1.CC1(CNC(=O)OC(C)(C)C)CCN(c2[c-]cc(C(F)(F)F)cc2)CC1.CCC1(C)CCN(c2[c-]cc(C)cc2)CC1.Cc1c[c-]c(N2CCC(C)(CN(C)Cc3ccccc3)CC2)cc1.Cc1ccc(N2CCC(C)(CN)CC2)c([N+](=O)[O-])c1.Cc1ccc(N2CCC(C)(CO)CC2)c([N+](=O)[O-])c1.[Y].[Y].[Y]. The van der Waals surface area contributed by atoms with Crippen molar-refractivity contribution >= 4 is 63.2 Å². The predicted molar refractivity (Wildman–Crippen MR) is 537 cm³/mol. The number of aliphatic hydroxyl groups is 1. The van der Waals surface area contributed by atoms with E-state index >= 15 is 0 Å². The first-order valence-electron chi connectivity index (χ1n) is 48.6. The van der Waals surface area contributed by atoms with Gasteiger partial charge in [-0.25, -0.2) is 4.79 Å². The fourth-order valence-corrected chi connectivity index (χ4v) is 18.4. The van der Waals surface area contributed by atoms with Crippen molar-refractivity contribution in [2.24, 2.45) is 44.0 Å². The molecule has 140 heavy (non-hydrogen) atoms. The van der Waals surface area contributed by atoms with E-state index in [9.17, 15) is 61.3 Å². The van der Waals surface area contributed by atoms with E-state index in [1.165, 1.54) is 85.4 Å². The Morgan fingerprint density at radius 1 is 0.507 bits per heavy atom. The molecule has 3 radical (unpaired) electrons. The molecule has 1 aromatic heterocycles. The van der Waals surface area contributed by atoms with Crippen molar-refractivity contribution in [3.05, 3.63) is 241 Å².